The Morgan fingerprint density at radius 2 is 1.65 bits per heavy atom. The molecule has 0 spiro atoms. The smallest absolute Gasteiger partial charge is 0.338 e. The summed E-state index contributed by atoms with van der Waals surface area (Å²) in [5, 5.41) is 24.6. The molecule has 2 amide bonds. The number of benzene rings is 3. The second kappa shape index (κ2) is 16.9. The predicted octanol–water partition coefficient (Wildman–Crippen LogP) is 6.30. The molecular weight excluding hydrogens is 703 g/mol. The molecule has 3 atom stereocenters. The summed E-state index contributed by atoms with van der Waals surface area (Å²) in [5.74, 6) is -4.48. The summed E-state index contributed by atoms with van der Waals surface area (Å²) < 4.78 is 19.0. The Labute approximate surface area is 306 Å². The van der Waals surface area contributed by atoms with E-state index in [0.29, 0.717) is 27.1 Å². The molecule has 52 heavy (non-hydrogen) atoms. The first-order valence-electron chi connectivity index (χ1n) is 16.7. The van der Waals surface area contributed by atoms with Gasteiger partial charge in [-0.2, -0.15) is 0 Å². The Morgan fingerprint density at radius 1 is 0.962 bits per heavy atom. The van der Waals surface area contributed by atoms with Crippen molar-refractivity contribution >= 4 is 65.8 Å². The summed E-state index contributed by atoms with van der Waals surface area (Å²) >= 11 is 1.16. The number of nitrogens with zero attached hydrogens (tertiary/aromatic N) is 2. The lowest BCUT2D eigenvalue weighted by molar-refractivity contribution is -0.143. The summed E-state index contributed by atoms with van der Waals surface area (Å²) in [4.78, 5) is 56.2. The minimum atomic E-state index is -2.02. The average molecular weight is 743 g/mol. The van der Waals surface area contributed by atoms with Crippen LogP contribution in [-0.2, 0) is 25.3 Å². The third-order valence-corrected chi connectivity index (χ3v) is 10.6. The van der Waals surface area contributed by atoms with Crippen LogP contribution in [0.1, 0.15) is 53.5 Å². The first-order chi connectivity index (χ1) is 24.9. The number of aromatic nitrogens is 2. The van der Waals surface area contributed by atoms with Gasteiger partial charge in [0.05, 0.1) is 34.1 Å². The molecule has 0 aliphatic heterocycles. The van der Waals surface area contributed by atoms with Crippen LogP contribution in [0.5, 0.6) is 0 Å². The van der Waals surface area contributed by atoms with Crippen LogP contribution in [0.3, 0.4) is 0 Å². The van der Waals surface area contributed by atoms with Crippen molar-refractivity contribution in [1.82, 2.24) is 15.0 Å². The summed E-state index contributed by atoms with van der Waals surface area (Å²) in [6, 6.07) is 22.8. The summed E-state index contributed by atoms with van der Waals surface area (Å²) in [7, 11) is -0.682. The second-order valence-corrected chi connectivity index (χ2v) is 14.6. The van der Waals surface area contributed by atoms with E-state index in [4.69, 9.17) is 4.74 Å². The number of thioether (sulfide) groups is 1. The topological polar surface area (TPSA) is 177 Å². The van der Waals surface area contributed by atoms with Gasteiger partial charge in [-0.15, -0.1) is 11.8 Å². The number of rotatable bonds is 16. The van der Waals surface area contributed by atoms with Gasteiger partial charge in [-0.05, 0) is 67.3 Å². The molecule has 270 valence electrons. The lowest BCUT2D eigenvalue weighted by atomic mass is 9.90. The van der Waals surface area contributed by atoms with Gasteiger partial charge in [0.2, 0.25) is 5.91 Å². The number of carbonyl (C=O) groups is 4. The fourth-order valence-corrected chi connectivity index (χ4v) is 7.46. The number of carbonyl (C=O) groups excluding carboxylic acids is 3. The van der Waals surface area contributed by atoms with E-state index in [1.165, 1.54) is 28.9 Å². The van der Waals surface area contributed by atoms with Gasteiger partial charge in [0, 0.05) is 34.7 Å². The normalized spacial score (nSPS) is 13.8. The van der Waals surface area contributed by atoms with Gasteiger partial charge >= 0.3 is 11.9 Å². The number of amides is 2. The standard InChI is InChI=1S/C38H39N4O8PS/c1-4-50-37(47)26-15-13-25(14-16-26)34(43)41-42-21-27(28-10-6-8-12-32(28)42)20-31(36(45)46)40-35(44)29(19-23(2)3)38(48,51-49)22-52-33-18-17-24-9-5-7-11-30(24)39-33/h5-18,21,23,29,31,48H,4,19-20,22H2,1-3H3,(H,40,44)(H,41,43)(H,45,46)/t29?,31-,38?/m0/s1. The van der Waals surface area contributed by atoms with Crippen LogP contribution in [-0.4, -0.2) is 67.4 Å². The van der Waals surface area contributed by atoms with Crippen molar-refractivity contribution in [3.63, 3.8) is 0 Å². The molecule has 2 aromatic heterocycles. The molecule has 2 unspecified atom stereocenters. The van der Waals surface area contributed by atoms with E-state index in [2.05, 4.69) is 15.7 Å². The zero-order valence-corrected chi connectivity index (χ0v) is 30.5. The molecular formula is C38H39N4O8PS. The Hall–Kier alpha value is -5.10. The van der Waals surface area contributed by atoms with Crippen LogP contribution in [0, 0.1) is 11.8 Å². The number of esters is 1. The average Bonchev–Trinajstić information content (AvgIpc) is 3.48. The number of hydrogen-bond acceptors (Lipinski definition) is 9. The van der Waals surface area contributed by atoms with Crippen molar-refractivity contribution in [2.24, 2.45) is 11.8 Å². The monoisotopic (exact) mass is 742 g/mol. The van der Waals surface area contributed by atoms with Crippen molar-refractivity contribution in [1.29, 1.82) is 0 Å². The first-order valence-corrected chi connectivity index (χ1v) is 18.5. The van der Waals surface area contributed by atoms with Gasteiger partial charge in [-0.1, -0.05) is 56.3 Å². The number of fused-ring (bicyclic) bond motifs is 2. The van der Waals surface area contributed by atoms with E-state index in [9.17, 15) is 34.0 Å². The van der Waals surface area contributed by atoms with E-state index in [0.717, 1.165) is 22.7 Å². The molecule has 3 aromatic carbocycles. The van der Waals surface area contributed by atoms with Crippen LogP contribution in [0.4, 0.5) is 0 Å². The fourth-order valence-electron chi connectivity index (χ4n) is 5.82. The predicted molar refractivity (Wildman–Crippen MR) is 199 cm³/mol. The number of carboxylic acid groups (broad SMARTS) is 1. The van der Waals surface area contributed by atoms with Crippen LogP contribution in [0.15, 0.2) is 96.2 Å². The van der Waals surface area contributed by atoms with E-state index in [1.54, 1.807) is 43.5 Å². The molecule has 0 aliphatic rings. The first kappa shape index (κ1) is 38.1. The second-order valence-electron chi connectivity index (χ2n) is 12.7. The Kier molecular flexibility index (Phi) is 12.4. The number of para-hydroxylation sites is 2. The molecule has 0 aliphatic carbocycles. The Balaban J connectivity index is 1.34. The third kappa shape index (κ3) is 9.03. The van der Waals surface area contributed by atoms with E-state index < -0.39 is 49.5 Å². The van der Waals surface area contributed by atoms with Crippen molar-refractivity contribution in [2.75, 3.05) is 17.8 Å². The molecule has 5 rings (SSSR count). The maximum absolute atomic E-state index is 13.9. The number of aliphatic carboxylic acids is 1. The van der Waals surface area contributed by atoms with Gasteiger partial charge in [-0.3, -0.25) is 24.3 Å². The number of ether oxygens (including phenoxy) is 1. The Morgan fingerprint density at radius 3 is 2.35 bits per heavy atom. The van der Waals surface area contributed by atoms with Crippen molar-refractivity contribution in [3.05, 3.63) is 108 Å². The highest BCUT2D eigenvalue weighted by Gasteiger charge is 2.44. The van der Waals surface area contributed by atoms with Crippen LogP contribution in [0.2, 0.25) is 0 Å². The fraction of sp³-hybridized carbons (Fsp3) is 0.289. The molecule has 0 radical (unpaired) electrons. The molecule has 0 fully saturated rings. The van der Waals surface area contributed by atoms with Gasteiger partial charge in [-0.25, -0.2) is 14.6 Å². The zero-order chi connectivity index (χ0) is 37.4. The van der Waals surface area contributed by atoms with Crippen molar-refractivity contribution < 1.29 is 38.7 Å². The van der Waals surface area contributed by atoms with Crippen molar-refractivity contribution in [2.45, 2.75) is 50.0 Å². The third-order valence-electron chi connectivity index (χ3n) is 8.46. The highest BCUT2D eigenvalue weighted by Crippen LogP contribution is 2.38. The summed E-state index contributed by atoms with van der Waals surface area (Å²) in [6.07, 6.45) is 1.57. The van der Waals surface area contributed by atoms with Crippen LogP contribution < -0.4 is 10.7 Å². The lowest BCUT2D eigenvalue weighted by Gasteiger charge is -2.31. The Bertz CT molecular complexity index is 2100. The van der Waals surface area contributed by atoms with Crippen LogP contribution in [0.25, 0.3) is 21.8 Å². The number of pyridine rings is 1. The van der Waals surface area contributed by atoms with Gasteiger partial charge in [0.15, 0.2) is 13.8 Å². The number of hydrogen-bond donors (Lipinski definition) is 4. The largest absolute Gasteiger partial charge is 0.480 e. The maximum Gasteiger partial charge on any atom is 0.338 e. The van der Waals surface area contributed by atoms with Crippen molar-refractivity contribution in [3.8, 4) is 0 Å². The molecule has 5 aromatic rings. The lowest BCUT2D eigenvalue weighted by Crippen LogP contribution is -2.51. The minimum absolute atomic E-state index is 0.0981. The number of carboxylic acids is 1. The molecule has 2 heterocycles. The van der Waals surface area contributed by atoms with Crippen LogP contribution >= 0.6 is 20.2 Å². The molecule has 12 nitrogen and oxygen atoms in total. The molecule has 0 bridgehead atoms. The molecule has 0 saturated carbocycles. The molecule has 4 N–H and O–H groups in total. The highest BCUT2D eigenvalue weighted by atomic mass is 32.2. The highest BCUT2D eigenvalue weighted by molar-refractivity contribution is 7.99. The minimum Gasteiger partial charge on any atom is -0.480 e. The number of aliphatic hydroxyl groups is 1. The summed E-state index contributed by atoms with van der Waals surface area (Å²) in [5.41, 5.74) is 5.24. The zero-order valence-electron chi connectivity index (χ0n) is 28.8. The van der Waals surface area contributed by atoms with Gasteiger partial charge in [0.1, 0.15) is 6.04 Å². The quantitative estimate of drug-likeness (QED) is 0.0510. The van der Waals surface area contributed by atoms with Gasteiger partial charge < -0.3 is 20.3 Å². The van der Waals surface area contributed by atoms with E-state index >= 15 is 0 Å². The SMILES string of the molecule is CCOC(=O)c1ccc(C(=O)Nn2cc(C[C@H](NC(=O)C(CC(C)C)C(O)(CSc3ccc4ccccc4n3)P=O)C(=O)O)c3ccccc32)cc1. The van der Waals surface area contributed by atoms with Gasteiger partial charge in [0.25, 0.3) is 5.91 Å². The molecule has 0 saturated heterocycles. The van der Waals surface area contributed by atoms with E-state index in [-0.39, 0.29) is 36.7 Å². The van der Waals surface area contributed by atoms with E-state index in [1.807, 2.05) is 44.2 Å². The molecule has 14 heteroatoms. The maximum atomic E-state index is 13.9. The summed E-state index contributed by atoms with van der Waals surface area (Å²) in [6.45, 7) is 5.63. The number of nitrogens with one attached hydrogen (secondary N) is 2.